The minimum atomic E-state index is -0.341. The molecule has 2 aromatic heterocycles. The molecule has 2 heterocycles. The lowest BCUT2D eigenvalue weighted by molar-refractivity contribution is 0.0946. The second-order valence-corrected chi connectivity index (χ2v) is 6.59. The first kappa shape index (κ1) is 20.2. The highest BCUT2D eigenvalue weighted by atomic mass is 16.2. The van der Waals surface area contributed by atoms with Crippen LogP contribution in [0.3, 0.4) is 0 Å². The van der Waals surface area contributed by atoms with Crippen LogP contribution >= 0.6 is 0 Å². The van der Waals surface area contributed by atoms with E-state index in [1.54, 1.807) is 18.5 Å². The molecule has 0 aliphatic rings. The molecule has 0 radical (unpaired) electrons. The van der Waals surface area contributed by atoms with Gasteiger partial charge in [-0.25, -0.2) is 0 Å². The number of hydrogen-bond acceptors (Lipinski definition) is 4. The average Bonchev–Trinajstić information content (AvgIpc) is 2.78. The predicted molar refractivity (Wildman–Crippen MR) is 113 cm³/mol. The Balaban J connectivity index is 1.74. The first-order valence-electron chi connectivity index (χ1n) is 9.67. The number of nitrogens with zero attached hydrogens (tertiary/aromatic N) is 2. The molecule has 3 rings (SSSR count). The van der Waals surface area contributed by atoms with E-state index in [4.69, 9.17) is 0 Å². The van der Waals surface area contributed by atoms with Gasteiger partial charge in [0.2, 0.25) is 0 Å². The van der Waals surface area contributed by atoms with E-state index >= 15 is 0 Å². The van der Waals surface area contributed by atoms with Crippen LogP contribution in [0.1, 0.15) is 51.4 Å². The summed E-state index contributed by atoms with van der Waals surface area (Å²) in [6.07, 6.45) is 6.48. The molecule has 0 spiro atoms. The smallest absolute Gasteiger partial charge is 0.270 e. The van der Waals surface area contributed by atoms with Gasteiger partial charge in [0.05, 0.1) is 0 Å². The molecular formula is C23H24N4O2. The van der Waals surface area contributed by atoms with E-state index in [2.05, 4.69) is 34.4 Å². The fraction of sp³-hybridized carbons (Fsp3) is 0.217. The quantitative estimate of drug-likeness (QED) is 0.645. The van der Waals surface area contributed by atoms with Crippen LogP contribution in [0.15, 0.2) is 61.1 Å². The number of amides is 2. The van der Waals surface area contributed by atoms with Gasteiger partial charge in [0.1, 0.15) is 5.69 Å². The summed E-state index contributed by atoms with van der Waals surface area (Å²) in [7, 11) is 0. The van der Waals surface area contributed by atoms with Crippen molar-refractivity contribution in [2.24, 2.45) is 0 Å². The first-order chi connectivity index (χ1) is 14.1. The second kappa shape index (κ2) is 9.59. The number of rotatable bonds is 7. The summed E-state index contributed by atoms with van der Waals surface area (Å²) in [4.78, 5) is 33.4. The summed E-state index contributed by atoms with van der Waals surface area (Å²) in [6.45, 7) is 4.46. The van der Waals surface area contributed by atoms with Crippen molar-refractivity contribution < 1.29 is 9.59 Å². The van der Waals surface area contributed by atoms with Crippen molar-refractivity contribution in [2.45, 2.75) is 33.2 Å². The van der Waals surface area contributed by atoms with Gasteiger partial charge >= 0.3 is 0 Å². The van der Waals surface area contributed by atoms with Gasteiger partial charge < -0.3 is 10.6 Å². The topological polar surface area (TPSA) is 84.0 Å². The molecule has 3 aromatic rings. The number of hydrogen-bond donors (Lipinski definition) is 2. The molecule has 6 heteroatoms. The Morgan fingerprint density at radius 1 is 0.931 bits per heavy atom. The second-order valence-electron chi connectivity index (χ2n) is 6.59. The van der Waals surface area contributed by atoms with Gasteiger partial charge in [0.15, 0.2) is 0 Å². The molecule has 2 amide bonds. The third kappa shape index (κ3) is 5.04. The number of nitrogens with one attached hydrogen (secondary N) is 2. The highest BCUT2D eigenvalue weighted by Gasteiger charge is 2.14. The zero-order valence-electron chi connectivity index (χ0n) is 16.6. The predicted octanol–water partition coefficient (Wildman–Crippen LogP) is 3.78. The van der Waals surface area contributed by atoms with Gasteiger partial charge in [-0.15, -0.1) is 0 Å². The standard InChI is InChI=1S/C23H24N4O2/c1-3-17-8-5-9-18(4-2)21(17)27-22(28)19-10-12-25-20(13-19)23(29)26-15-16-7-6-11-24-14-16/h5-14H,3-4,15H2,1-2H3,(H,26,29)(H,27,28). The Hall–Kier alpha value is -3.54. The lowest BCUT2D eigenvalue weighted by Crippen LogP contribution is -2.24. The fourth-order valence-electron chi connectivity index (χ4n) is 3.06. The van der Waals surface area contributed by atoms with Crippen LogP contribution in [0.2, 0.25) is 0 Å². The summed E-state index contributed by atoms with van der Waals surface area (Å²) >= 11 is 0. The van der Waals surface area contributed by atoms with Crippen LogP contribution in [0.25, 0.3) is 0 Å². The summed E-state index contributed by atoms with van der Waals surface area (Å²) in [5, 5.41) is 5.81. The number of carbonyl (C=O) groups is 2. The molecule has 2 N–H and O–H groups in total. The largest absolute Gasteiger partial charge is 0.347 e. The van der Waals surface area contributed by atoms with E-state index in [0.29, 0.717) is 12.1 Å². The van der Waals surface area contributed by atoms with Crippen LogP contribution < -0.4 is 10.6 Å². The number of para-hydroxylation sites is 1. The van der Waals surface area contributed by atoms with Crippen LogP contribution in [-0.4, -0.2) is 21.8 Å². The molecule has 0 bridgehead atoms. The summed E-state index contributed by atoms with van der Waals surface area (Å²) in [5.41, 5.74) is 4.49. The fourth-order valence-corrected chi connectivity index (χ4v) is 3.06. The van der Waals surface area contributed by atoms with Crippen molar-refractivity contribution >= 4 is 17.5 Å². The normalized spacial score (nSPS) is 10.4. The Labute approximate surface area is 170 Å². The van der Waals surface area contributed by atoms with Crippen molar-refractivity contribution in [3.63, 3.8) is 0 Å². The summed E-state index contributed by atoms with van der Waals surface area (Å²) in [6, 6.07) is 12.8. The number of aromatic nitrogens is 2. The zero-order chi connectivity index (χ0) is 20.6. The van der Waals surface area contributed by atoms with Crippen molar-refractivity contribution in [1.82, 2.24) is 15.3 Å². The Kier molecular flexibility index (Phi) is 6.68. The molecule has 0 atom stereocenters. The van der Waals surface area contributed by atoms with Crippen LogP contribution in [0.5, 0.6) is 0 Å². The van der Waals surface area contributed by atoms with Crippen molar-refractivity contribution in [1.29, 1.82) is 0 Å². The Morgan fingerprint density at radius 2 is 1.69 bits per heavy atom. The lowest BCUT2D eigenvalue weighted by atomic mass is 10.0. The van der Waals surface area contributed by atoms with Crippen LogP contribution in [-0.2, 0) is 19.4 Å². The van der Waals surface area contributed by atoms with Gasteiger partial charge in [-0.2, -0.15) is 0 Å². The molecule has 6 nitrogen and oxygen atoms in total. The van der Waals surface area contributed by atoms with Crippen LogP contribution in [0, 0.1) is 0 Å². The van der Waals surface area contributed by atoms with E-state index in [0.717, 1.165) is 35.2 Å². The van der Waals surface area contributed by atoms with Gasteiger partial charge in [0, 0.05) is 36.4 Å². The van der Waals surface area contributed by atoms with E-state index < -0.39 is 0 Å². The maximum absolute atomic E-state index is 12.8. The van der Waals surface area contributed by atoms with Gasteiger partial charge in [-0.3, -0.25) is 19.6 Å². The number of carbonyl (C=O) groups excluding carboxylic acids is 2. The maximum Gasteiger partial charge on any atom is 0.270 e. The number of pyridine rings is 2. The number of aryl methyl sites for hydroxylation is 2. The third-order valence-electron chi connectivity index (χ3n) is 4.67. The lowest BCUT2D eigenvalue weighted by Gasteiger charge is -2.14. The van der Waals surface area contributed by atoms with E-state index in [-0.39, 0.29) is 17.5 Å². The van der Waals surface area contributed by atoms with E-state index in [9.17, 15) is 9.59 Å². The molecule has 0 aliphatic carbocycles. The van der Waals surface area contributed by atoms with Crippen LogP contribution in [0.4, 0.5) is 5.69 Å². The molecule has 0 saturated carbocycles. The van der Waals surface area contributed by atoms with Gasteiger partial charge in [0.25, 0.3) is 11.8 Å². The minimum Gasteiger partial charge on any atom is -0.347 e. The number of anilines is 1. The Bertz CT molecular complexity index is 981. The molecule has 0 fully saturated rings. The minimum absolute atomic E-state index is 0.195. The third-order valence-corrected chi connectivity index (χ3v) is 4.67. The SMILES string of the molecule is CCc1cccc(CC)c1NC(=O)c1ccnc(C(=O)NCc2cccnc2)c1. The summed E-state index contributed by atoms with van der Waals surface area (Å²) in [5.74, 6) is -0.601. The van der Waals surface area contributed by atoms with Gasteiger partial charge in [-0.1, -0.05) is 38.1 Å². The molecule has 148 valence electrons. The van der Waals surface area contributed by atoms with E-state index in [1.165, 1.54) is 12.3 Å². The number of benzene rings is 1. The monoisotopic (exact) mass is 388 g/mol. The Morgan fingerprint density at radius 3 is 2.34 bits per heavy atom. The average molecular weight is 388 g/mol. The van der Waals surface area contributed by atoms with E-state index in [1.807, 2.05) is 30.3 Å². The van der Waals surface area contributed by atoms with Crippen molar-refractivity contribution in [3.05, 3.63) is 89.0 Å². The molecule has 29 heavy (non-hydrogen) atoms. The molecule has 1 aromatic carbocycles. The van der Waals surface area contributed by atoms with Crippen molar-refractivity contribution in [3.8, 4) is 0 Å². The highest BCUT2D eigenvalue weighted by Crippen LogP contribution is 2.23. The summed E-state index contributed by atoms with van der Waals surface area (Å²) < 4.78 is 0. The van der Waals surface area contributed by atoms with Gasteiger partial charge in [-0.05, 0) is 47.7 Å². The molecule has 0 unspecified atom stereocenters. The zero-order valence-corrected chi connectivity index (χ0v) is 16.6. The molecule has 0 aliphatic heterocycles. The molecular weight excluding hydrogens is 364 g/mol. The van der Waals surface area contributed by atoms with Crippen molar-refractivity contribution in [2.75, 3.05) is 5.32 Å². The first-order valence-corrected chi connectivity index (χ1v) is 9.67. The maximum atomic E-state index is 12.8. The highest BCUT2D eigenvalue weighted by molar-refractivity contribution is 6.06. The molecule has 0 saturated heterocycles.